The lowest BCUT2D eigenvalue weighted by molar-refractivity contribution is -0.253. The van der Waals surface area contributed by atoms with Gasteiger partial charge in [-0.1, -0.05) is 54.8 Å². The Hall–Kier alpha value is -4.46. The van der Waals surface area contributed by atoms with E-state index in [2.05, 4.69) is 20.5 Å². The van der Waals surface area contributed by atoms with Gasteiger partial charge < -0.3 is 14.8 Å². The number of rotatable bonds is 11. The van der Waals surface area contributed by atoms with E-state index in [9.17, 15) is 31.9 Å². The second kappa shape index (κ2) is 14.8. The molecule has 1 atom stereocenters. The van der Waals surface area contributed by atoms with Crippen LogP contribution in [0.5, 0.6) is 5.75 Å². The van der Waals surface area contributed by atoms with Gasteiger partial charge in [0.1, 0.15) is 23.7 Å². The number of hydrogen-bond donors (Lipinski definition) is 2. The molecule has 4 rings (SSSR count). The van der Waals surface area contributed by atoms with Gasteiger partial charge in [-0.25, -0.2) is 19.6 Å². The highest BCUT2D eigenvalue weighted by atomic mass is 35.5. The highest BCUT2D eigenvalue weighted by molar-refractivity contribution is 6.30. The normalized spacial score (nSPS) is 14.8. The zero-order valence-corrected chi connectivity index (χ0v) is 25.2. The smallest absolute Gasteiger partial charge is 0.461 e. The molecule has 0 aliphatic heterocycles. The number of nitrogens with one attached hydrogen (secondary N) is 2. The second-order valence-electron chi connectivity index (χ2n) is 10.6. The minimum absolute atomic E-state index is 0.0229. The number of alkyl halides is 4. The number of hydrogen-bond acceptors (Lipinski definition) is 6. The van der Waals surface area contributed by atoms with Gasteiger partial charge in [-0.05, 0) is 48.2 Å². The maximum atomic E-state index is 15.1. The molecule has 0 spiro atoms. The summed E-state index contributed by atoms with van der Waals surface area (Å²) < 4.78 is 77.8. The third-order valence-electron chi connectivity index (χ3n) is 7.40. The Kier molecular flexibility index (Phi) is 11.0. The summed E-state index contributed by atoms with van der Waals surface area (Å²) in [6, 6.07) is 12.4. The fraction of sp³-hybridized carbons (Fsp3) is 0.355. The van der Waals surface area contributed by atoms with Crippen LogP contribution in [0.2, 0.25) is 5.02 Å². The van der Waals surface area contributed by atoms with E-state index in [4.69, 9.17) is 16.3 Å². The van der Waals surface area contributed by atoms with Gasteiger partial charge in [0.25, 0.3) is 0 Å². The Bertz CT molecular complexity index is 1530. The highest BCUT2D eigenvalue weighted by Gasteiger charge is 2.45. The largest absolute Gasteiger partial charge is 0.468 e. The maximum absolute atomic E-state index is 15.1. The van der Waals surface area contributed by atoms with E-state index in [0.29, 0.717) is 24.5 Å². The molecule has 3 aromatic rings. The molecule has 0 unspecified atom stereocenters. The molecule has 15 heteroatoms. The number of ether oxygens (including phenoxy) is 2. The van der Waals surface area contributed by atoms with Crippen LogP contribution in [0.3, 0.4) is 0 Å². The van der Waals surface area contributed by atoms with Crippen molar-refractivity contribution in [3.8, 4) is 5.75 Å². The zero-order valence-electron chi connectivity index (χ0n) is 24.5. The molecule has 9 nitrogen and oxygen atoms in total. The molecule has 1 aliphatic rings. The van der Waals surface area contributed by atoms with Crippen LogP contribution < -0.4 is 15.5 Å². The number of methoxy groups -OCH3 is 1. The van der Waals surface area contributed by atoms with Crippen molar-refractivity contribution >= 4 is 29.5 Å². The summed E-state index contributed by atoms with van der Waals surface area (Å²) in [6.07, 6.45) is -5.51. The number of hydrazine groups is 1. The summed E-state index contributed by atoms with van der Waals surface area (Å²) in [5, 5.41) is 3.68. The molecule has 46 heavy (non-hydrogen) atoms. The summed E-state index contributed by atoms with van der Waals surface area (Å²) >= 11 is 6.07. The SMILES string of the molecule is COC(=O)CN(NC(=O)N[C@@](Cc1ccccc1)(c1cc(F)cc(OC(F)(F)C(F)F)c1)c1ccc(Cl)cn1)C(=O)C1CCCC1. The van der Waals surface area contributed by atoms with Gasteiger partial charge in [0.15, 0.2) is 0 Å². The molecule has 2 aromatic carbocycles. The van der Waals surface area contributed by atoms with Gasteiger partial charge in [0.2, 0.25) is 5.91 Å². The number of pyridine rings is 1. The summed E-state index contributed by atoms with van der Waals surface area (Å²) in [6.45, 7) is -0.634. The molecule has 1 aliphatic carbocycles. The first-order valence-electron chi connectivity index (χ1n) is 14.1. The van der Waals surface area contributed by atoms with E-state index in [1.165, 1.54) is 18.3 Å². The third kappa shape index (κ3) is 8.42. The minimum atomic E-state index is -4.97. The number of carbonyl (C=O) groups excluding carboxylic acids is 3. The summed E-state index contributed by atoms with van der Waals surface area (Å²) in [5.41, 5.74) is 0.770. The molecule has 1 aromatic heterocycles. The lowest BCUT2D eigenvalue weighted by Gasteiger charge is -2.36. The Labute approximate surface area is 266 Å². The van der Waals surface area contributed by atoms with E-state index in [-0.39, 0.29) is 22.7 Å². The van der Waals surface area contributed by atoms with Crippen LogP contribution in [-0.4, -0.2) is 54.1 Å². The van der Waals surface area contributed by atoms with E-state index in [1.807, 2.05) is 0 Å². The van der Waals surface area contributed by atoms with Crippen molar-refractivity contribution in [2.45, 2.75) is 50.2 Å². The van der Waals surface area contributed by atoms with Crippen LogP contribution in [0.4, 0.5) is 26.7 Å². The number of halogens is 6. The molecule has 0 radical (unpaired) electrons. The Morgan fingerprint density at radius 1 is 1.07 bits per heavy atom. The van der Waals surface area contributed by atoms with Gasteiger partial charge in [-0.2, -0.15) is 17.6 Å². The molecular weight excluding hydrogens is 639 g/mol. The van der Waals surface area contributed by atoms with Gasteiger partial charge in [-0.3, -0.25) is 14.6 Å². The highest BCUT2D eigenvalue weighted by Crippen LogP contribution is 2.37. The Balaban J connectivity index is 1.84. The second-order valence-corrected chi connectivity index (χ2v) is 11.1. The molecule has 0 saturated heterocycles. The van der Waals surface area contributed by atoms with E-state index < -0.39 is 60.0 Å². The zero-order chi connectivity index (χ0) is 33.5. The topological polar surface area (TPSA) is 110 Å². The van der Waals surface area contributed by atoms with Crippen LogP contribution in [0.15, 0.2) is 66.9 Å². The van der Waals surface area contributed by atoms with Gasteiger partial charge in [0, 0.05) is 24.6 Å². The van der Waals surface area contributed by atoms with Crippen molar-refractivity contribution in [3.63, 3.8) is 0 Å². The minimum Gasteiger partial charge on any atom is -0.468 e. The molecule has 1 fully saturated rings. The number of benzene rings is 2. The number of urea groups is 1. The predicted octanol–water partition coefficient (Wildman–Crippen LogP) is 6.00. The summed E-state index contributed by atoms with van der Waals surface area (Å²) in [5.74, 6) is -3.94. The van der Waals surface area contributed by atoms with Crippen molar-refractivity contribution < 1.29 is 45.8 Å². The third-order valence-corrected chi connectivity index (χ3v) is 7.62. The average molecular weight is 669 g/mol. The van der Waals surface area contributed by atoms with Gasteiger partial charge >= 0.3 is 24.5 Å². The lowest BCUT2D eigenvalue weighted by Crippen LogP contribution is -2.58. The van der Waals surface area contributed by atoms with Crippen LogP contribution in [0.25, 0.3) is 0 Å². The number of amides is 3. The Morgan fingerprint density at radius 2 is 1.76 bits per heavy atom. The standard InChI is InChI=1S/C31H30ClF5N4O5/c1-45-26(42)18-41(27(43)20-9-5-6-10-20)40-29(44)39-30(16-19-7-3-2-4-8-19,25-12-11-22(32)17-38-25)21-13-23(33)15-24(14-21)46-31(36,37)28(34)35/h2-4,7-8,11-15,17,20,28H,5-6,9-10,16,18H2,1H3,(H2,39,40,44)/t30-/m0/s1. The van der Waals surface area contributed by atoms with Crippen molar-refractivity contribution in [2.24, 2.45) is 5.92 Å². The first-order valence-corrected chi connectivity index (χ1v) is 14.5. The van der Waals surface area contributed by atoms with Crippen molar-refractivity contribution in [1.82, 2.24) is 20.7 Å². The number of carbonyl (C=O) groups is 3. The molecule has 2 N–H and O–H groups in total. The first-order chi connectivity index (χ1) is 21.8. The average Bonchev–Trinajstić information content (AvgIpc) is 3.55. The van der Waals surface area contributed by atoms with Crippen LogP contribution in [0, 0.1) is 11.7 Å². The number of nitrogens with zero attached hydrogens (tertiary/aromatic N) is 2. The van der Waals surface area contributed by atoms with Crippen LogP contribution >= 0.6 is 11.6 Å². The van der Waals surface area contributed by atoms with Crippen molar-refractivity contribution in [3.05, 3.63) is 94.5 Å². The first kappa shape index (κ1) is 34.4. The summed E-state index contributed by atoms with van der Waals surface area (Å²) in [7, 11) is 1.11. The molecule has 1 saturated carbocycles. The number of aromatic nitrogens is 1. The molecule has 0 bridgehead atoms. The lowest BCUT2D eigenvalue weighted by atomic mass is 9.80. The molecule has 246 valence electrons. The van der Waals surface area contributed by atoms with E-state index in [0.717, 1.165) is 37.1 Å². The molecule has 1 heterocycles. The predicted molar refractivity (Wildman–Crippen MR) is 156 cm³/mol. The monoisotopic (exact) mass is 668 g/mol. The van der Waals surface area contributed by atoms with Gasteiger partial charge in [0.05, 0.1) is 17.8 Å². The molecule has 3 amide bonds. The van der Waals surface area contributed by atoms with Crippen LogP contribution in [0.1, 0.15) is 42.5 Å². The quantitative estimate of drug-likeness (QED) is 0.147. The van der Waals surface area contributed by atoms with Gasteiger partial charge in [-0.15, -0.1) is 0 Å². The summed E-state index contributed by atoms with van der Waals surface area (Å²) in [4.78, 5) is 43.6. The van der Waals surface area contributed by atoms with E-state index >= 15 is 4.39 Å². The van der Waals surface area contributed by atoms with E-state index in [1.54, 1.807) is 30.3 Å². The number of esters is 1. The molecular formula is C31H30ClF5N4O5. The van der Waals surface area contributed by atoms with Crippen molar-refractivity contribution in [2.75, 3.05) is 13.7 Å². The fourth-order valence-corrected chi connectivity index (χ4v) is 5.34. The maximum Gasteiger partial charge on any atom is 0.461 e. The van der Waals surface area contributed by atoms with Crippen molar-refractivity contribution in [1.29, 1.82) is 0 Å². The fourth-order valence-electron chi connectivity index (χ4n) is 5.22. The Morgan fingerprint density at radius 3 is 2.37 bits per heavy atom. The van der Waals surface area contributed by atoms with Crippen LogP contribution in [-0.2, 0) is 26.3 Å².